The summed E-state index contributed by atoms with van der Waals surface area (Å²) in [7, 11) is 0. The molecular weight excluding hydrogens is 334 g/mol. The van der Waals surface area contributed by atoms with Gasteiger partial charge in [0.2, 0.25) is 5.91 Å². The van der Waals surface area contributed by atoms with Gasteiger partial charge in [-0.05, 0) is 29.7 Å². The fourth-order valence-electron chi connectivity index (χ4n) is 2.58. The van der Waals surface area contributed by atoms with Crippen LogP contribution in [0.15, 0.2) is 54.6 Å². The molecule has 4 nitrogen and oxygen atoms in total. The zero-order chi connectivity index (χ0) is 18.1. The summed E-state index contributed by atoms with van der Waals surface area (Å²) in [6.07, 6.45) is 0.900. The summed E-state index contributed by atoms with van der Waals surface area (Å²) in [6, 6.07) is 17.5. The lowest BCUT2D eigenvalue weighted by atomic mass is 9.95. The maximum absolute atomic E-state index is 12.6. The van der Waals surface area contributed by atoms with E-state index in [1.54, 1.807) is 11.8 Å². The molecule has 25 heavy (non-hydrogen) atoms. The number of carbonyl (C=O) groups excluding carboxylic acids is 1. The summed E-state index contributed by atoms with van der Waals surface area (Å²) >= 11 is 1.58. The van der Waals surface area contributed by atoms with Crippen molar-refractivity contribution in [1.82, 2.24) is 0 Å². The van der Waals surface area contributed by atoms with Crippen LogP contribution in [-0.4, -0.2) is 22.7 Å². The van der Waals surface area contributed by atoms with Crippen molar-refractivity contribution >= 4 is 29.3 Å². The molecule has 0 fully saturated rings. The van der Waals surface area contributed by atoms with Crippen LogP contribution in [0.25, 0.3) is 0 Å². The van der Waals surface area contributed by atoms with Gasteiger partial charge in [0.25, 0.3) is 0 Å². The number of thioether (sulfide) groups is 1. The maximum Gasteiger partial charge on any atom is 0.304 e. The Morgan fingerprint density at radius 3 is 2.56 bits per heavy atom. The summed E-state index contributed by atoms with van der Waals surface area (Å²) in [6.45, 7) is 2.01. The molecule has 0 spiro atoms. The van der Waals surface area contributed by atoms with Crippen molar-refractivity contribution in [3.63, 3.8) is 0 Å². The number of rotatable bonds is 9. The Morgan fingerprint density at radius 2 is 1.88 bits per heavy atom. The summed E-state index contributed by atoms with van der Waals surface area (Å²) in [4.78, 5) is 23.1. The molecule has 2 rings (SSSR count). The maximum atomic E-state index is 12.6. The van der Waals surface area contributed by atoms with E-state index in [2.05, 4.69) is 5.32 Å². The molecule has 1 amide bonds. The van der Waals surface area contributed by atoms with E-state index >= 15 is 0 Å². The van der Waals surface area contributed by atoms with Crippen molar-refractivity contribution in [3.8, 4) is 0 Å². The first-order valence-corrected chi connectivity index (χ1v) is 9.50. The van der Waals surface area contributed by atoms with Crippen LogP contribution in [0.2, 0.25) is 0 Å². The van der Waals surface area contributed by atoms with Crippen molar-refractivity contribution in [3.05, 3.63) is 65.7 Å². The average Bonchev–Trinajstić information content (AvgIpc) is 2.60. The first-order chi connectivity index (χ1) is 12.1. The fraction of sp³-hybridized carbons (Fsp3) is 0.300. The van der Waals surface area contributed by atoms with Gasteiger partial charge in [0.15, 0.2) is 0 Å². The van der Waals surface area contributed by atoms with Crippen molar-refractivity contribution < 1.29 is 14.7 Å². The molecule has 0 aromatic heterocycles. The van der Waals surface area contributed by atoms with Crippen LogP contribution in [0, 0.1) is 0 Å². The van der Waals surface area contributed by atoms with Crippen LogP contribution in [0.3, 0.4) is 0 Å². The van der Waals surface area contributed by atoms with E-state index in [9.17, 15) is 9.59 Å². The molecule has 0 aliphatic carbocycles. The minimum absolute atomic E-state index is 0.00983. The Kier molecular flexibility index (Phi) is 7.54. The molecule has 0 saturated heterocycles. The summed E-state index contributed by atoms with van der Waals surface area (Å²) in [5, 5.41) is 11.7. The molecule has 0 aliphatic heterocycles. The predicted octanol–water partition coefficient (Wildman–Crippen LogP) is 4.53. The molecule has 5 heteroatoms. The van der Waals surface area contributed by atoms with Crippen LogP contribution in [0.5, 0.6) is 0 Å². The van der Waals surface area contributed by atoms with Crippen LogP contribution < -0.4 is 5.32 Å². The number of aliphatic carboxylic acids is 1. The zero-order valence-corrected chi connectivity index (χ0v) is 15.1. The quantitative estimate of drug-likeness (QED) is 0.647. The number of nitrogens with one attached hydrogen (secondary N) is 1. The van der Waals surface area contributed by atoms with Gasteiger partial charge in [0.05, 0.1) is 12.3 Å². The van der Waals surface area contributed by atoms with E-state index in [0.717, 1.165) is 29.0 Å². The van der Waals surface area contributed by atoms with Gasteiger partial charge in [-0.3, -0.25) is 9.59 Å². The molecule has 0 heterocycles. The van der Waals surface area contributed by atoms with E-state index in [0.29, 0.717) is 5.75 Å². The van der Waals surface area contributed by atoms with E-state index in [-0.39, 0.29) is 18.2 Å². The second kappa shape index (κ2) is 9.89. The first kappa shape index (κ1) is 19.1. The Hall–Kier alpha value is -2.27. The summed E-state index contributed by atoms with van der Waals surface area (Å²) in [5.74, 6) is 0.351. The summed E-state index contributed by atoms with van der Waals surface area (Å²) in [5.41, 5.74) is 2.86. The highest BCUT2D eigenvalue weighted by atomic mass is 32.2. The van der Waals surface area contributed by atoms with Crippen LogP contribution >= 0.6 is 11.8 Å². The Labute approximate surface area is 152 Å². The zero-order valence-electron chi connectivity index (χ0n) is 14.3. The molecule has 2 aromatic rings. The molecule has 2 N–H and O–H groups in total. The normalized spacial score (nSPS) is 11.7. The Morgan fingerprint density at radius 1 is 1.12 bits per heavy atom. The number of carboxylic acid groups (broad SMARTS) is 1. The lowest BCUT2D eigenvalue weighted by Gasteiger charge is -2.16. The monoisotopic (exact) mass is 357 g/mol. The lowest BCUT2D eigenvalue weighted by molar-refractivity contribution is -0.136. The number of anilines is 1. The van der Waals surface area contributed by atoms with E-state index in [1.807, 2.05) is 61.5 Å². The van der Waals surface area contributed by atoms with Gasteiger partial charge in [0, 0.05) is 17.2 Å². The molecule has 132 valence electrons. The SMILES string of the molecule is CCC(C(=O)Nc1cccc(CSCCC(=O)O)c1)c1ccccc1. The molecule has 0 aliphatic rings. The molecule has 2 aromatic carbocycles. The standard InChI is InChI=1S/C20H23NO3S/c1-2-18(16-8-4-3-5-9-16)20(24)21-17-10-6-7-15(13-17)14-25-12-11-19(22)23/h3-10,13,18H,2,11-12,14H2,1H3,(H,21,24)(H,22,23). The first-order valence-electron chi connectivity index (χ1n) is 8.34. The topological polar surface area (TPSA) is 66.4 Å². The fourth-order valence-corrected chi connectivity index (χ4v) is 3.45. The summed E-state index contributed by atoms with van der Waals surface area (Å²) < 4.78 is 0. The van der Waals surface area contributed by atoms with Crippen LogP contribution in [0.1, 0.15) is 36.8 Å². The van der Waals surface area contributed by atoms with Gasteiger partial charge < -0.3 is 10.4 Å². The molecule has 1 atom stereocenters. The molecular formula is C20H23NO3S. The molecule has 1 unspecified atom stereocenters. The minimum atomic E-state index is -0.778. The van der Waals surface area contributed by atoms with Crippen molar-refractivity contribution in [2.24, 2.45) is 0 Å². The van der Waals surface area contributed by atoms with Gasteiger partial charge in [-0.2, -0.15) is 11.8 Å². The molecule has 0 radical (unpaired) electrons. The number of carboxylic acids is 1. The number of hydrogen-bond donors (Lipinski definition) is 2. The van der Waals surface area contributed by atoms with Crippen molar-refractivity contribution in [1.29, 1.82) is 0 Å². The number of hydrogen-bond acceptors (Lipinski definition) is 3. The van der Waals surface area contributed by atoms with Gasteiger partial charge >= 0.3 is 5.97 Å². The number of amides is 1. The van der Waals surface area contributed by atoms with Gasteiger partial charge in [-0.25, -0.2) is 0 Å². The second-order valence-electron chi connectivity index (χ2n) is 5.76. The van der Waals surface area contributed by atoms with Crippen LogP contribution in [0.4, 0.5) is 5.69 Å². The Balaban J connectivity index is 1.96. The third-order valence-corrected chi connectivity index (χ3v) is 4.88. The third-order valence-electron chi connectivity index (χ3n) is 3.85. The smallest absolute Gasteiger partial charge is 0.304 e. The minimum Gasteiger partial charge on any atom is -0.481 e. The average molecular weight is 357 g/mol. The van der Waals surface area contributed by atoms with Gasteiger partial charge in [-0.1, -0.05) is 49.4 Å². The van der Waals surface area contributed by atoms with Gasteiger partial charge in [0.1, 0.15) is 0 Å². The highest BCUT2D eigenvalue weighted by Gasteiger charge is 2.18. The number of benzene rings is 2. The van der Waals surface area contributed by atoms with E-state index in [1.165, 1.54) is 0 Å². The Bertz CT molecular complexity index is 703. The molecule has 0 saturated carbocycles. The van der Waals surface area contributed by atoms with Crippen molar-refractivity contribution in [2.75, 3.05) is 11.1 Å². The van der Waals surface area contributed by atoms with Crippen LogP contribution in [-0.2, 0) is 15.3 Å². The van der Waals surface area contributed by atoms with E-state index < -0.39 is 5.97 Å². The van der Waals surface area contributed by atoms with Crippen molar-refractivity contribution in [2.45, 2.75) is 31.4 Å². The highest BCUT2D eigenvalue weighted by Crippen LogP contribution is 2.23. The van der Waals surface area contributed by atoms with E-state index in [4.69, 9.17) is 5.11 Å². The molecule has 0 bridgehead atoms. The highest BCUT2D eigenvalue weighted by molar-refractivity contribution is 7.98. The third kappa shape index (κ3) is 6.27. The number of carbonyl (C=O) groups is 2. The second-order valence-corrected chi connectivity index (χ2v) is 6.86. The lowest BCUT2D eigenvalue weighted by Crippen LogP contribution is -2.20. The predicted molar refractivity (Wildman–Crippen MR) is 103 cm³/mol. The van der Waals surface area contributed by atoms with Gasteiger partial charge in [-0.15, -0.1) is 0 Å². The largest absolute Gasteiger partial charge is 0.481 e.